The van der Waals surface area contributed by atoms with Crippen molar-refractivity contribution in [3.05, 3.63) is 366 Å². The van der Waals surface area contributed by atoms with Crippen LogP contribution in [0, 0.1) is 0 Å². The third kappa shape index (κ3) is 11.2. The Kier molecular flexibility index (Phi) is 14.5. The van der Waals surface area contributed by atoms with E-state index in [1.165, 1.54) is 61.2 Å². The number of anilines is 6. The third-order valence-corrected chi connectivity index (χ3v) is 22.2. The molecule has 2 heterocycles. The van der Waals surface area contributed by atoms with Crippen molar-refractivity contribution in [2.45, 2.75) is 110 Å². The number of fused-ring (bicyclic) bond motifs is 7. The van der Waals surface area contributed by atoms with Crippen molar-refractivity contribution in [2.24, 2.45) is 0 Å². The summed E-state index contributed by atoms with van der Waals surface area (Å²) in [7, 11) is 0. The summed E-state index contributed by atoms with van der Waals surface area (Å²) < 4.78 is 44.9. The van der Waals surface area contributed by atoms with E-state index in [-0.39, 0.29) is 58.1 Å². The molecule has 3 aliphatic rings. The topological polar surface area (TPSA) is 6.48 Å². The molecule has 506 valence electrons. The molecular formula is C101H89BN2. The minimum atomic E-state index is -0.769. The molecule has 0 saturated heterocycles. The van der Waals surface area contributed by atoms with Crippen LogP contribution in [0.4, 0.5) is 34.1 Å². The zero-order valence-corrected chi connectivity index (χ0v) is 61.7. The molecule has 2 aliphatic heterocycles. The first-order chi connectivity index (χ1) is 52.2. The van der Waals surface area contributed by atoms with E-state index in [1.54, 1.807) is 0 Å². The maximum atomic E-state index is 9.29. The summed E-state index contributed by atoms with van der Waals surface area (Å²) in [6.07, 6.45) is 0. The highest BCUT2D eigenvalue weighted by Crippen LogP contribution is 2.60. The molecular weight excluding hydrogens is 1250 g/mol. The Morgan fingerprint density at radius 2 is 0.721 bits per heavy atom. The highest BCUT2D eigenvalue weighted by Gasteiger charge is 2.49. The van der Waals surface area contributed by atoms with E-state index < -0.39 is 11.5 Å². The van der Waals surface area contributed by atoms with Gasteiger partial charge in [-0.3, -0.25) is 0 Å². The largest absolute Gasteiger partial charge is 0.311 e. The van der Waals surface area contributed by atoms with Crippen LogP contribution >= 0.6 is 0 Å². The van der Waals surface area contributed by atoms with Gasteiger partial charge in [0.15, 0.2) is 0 Å². The molecule has 0 bridgehead atoms. The van der Waals surface area contributed by atoms with Crippen LogP contribution in [0.5, 0.6) is 0 Å². The Bertz CT molecular complexity index is 5770. The third-order valence-electron chi connectivity index (χ3n) is 22.2. The van der Waals surface area contributed by atoms with E-state index in [2.05, 4.69) is 372 Å². The fraction of sp³-hybridized carbons (Fsp3) is 0.168. The zero-order valence-electron chi connectivity index (χ0n) is 66.7. The van der Waals surface area contributed by atoms with Gasteiger partial charge in [-0.05, 0) is 186 Å². The standard InChI is InChI=1S/C101H89BN2/c1-97(2,3)77-56-72(57-78(64-77)98(4,5)6)70-51-55-90-89(60-70)102-88-54-50-71(73-58-79(99(7,8)9)65-80(59-73)100(10,11)12)61-91(88)103(81-52-48-67(49-53-81)66-32-18-13-19-33-66)92-62-74(63-93(95(92)102)104(90)96-83(68-34-20-14-21-35-68)44-31-45-84(96)69-36-22-15-23-37-69)82-43-30-46-86-85-42-28-29-47-87(85)101(94(82)86,75-38-24-16-25-39-75)76-40-26-17-27-41-76/h13-65H,1-12H3/i13D,18D,19D,32D,33D. The highest BCUT2D eigenvalue weighted by atomic mass is 15.2. The first-order valence-corrected chi connectivity index (χ1v) is 36.8. The molecule has 0 aromatic heterocycles. The fourth-order valence-corrected chi connectivity index (χ4v) is 16.8. The van der Waals surface area contributed by atoms with Crippen LogP contribution in [0.25, 0.3) is 77.9 Å². The minimum absolute atomic E-state index is 0.137. The second kappa shape index (κ2) is 25.0. The average molecular weight is 1350 g/mol. The molecule has 17 rings (SSSR count). The Morgan fingerprint density at radius 3 is 1.25 bits per heavy atom. The van der Waals surface area contributed by atoms with Crippen molar-refractivity contribution < 1.29 is 6.85 Å². The molecule has 1 aliphatic carbocycles. The Labute approximate surface area is 624 Å². The van der Waals surface area contributed by atoms with Crippen LogP contribution in [0.15, 0.2) is 321 Å². The lowest BCUT2D eigenvalue weighted by Crippen LogP contribution is -2.61. The van der Waals surface area contributed by atoms with Gasteiger partial charge < -0.3 is 9.80 Å². The molecule has 0 spiro atoms. The van der Waals surface area contributed by atoms with Crippen molar-refractivity contribution >= 4 is 57.2 Å². The van der Waals surface area contributed by atoms with Gasteiger partial charge in [-0.25, -0.2) is 0 Å². The zero-order chi connectivity index (χ0) is 76.0. The molecule has 0 fully saturated rings. The van der Waals surface area contributed by atoms with E-state index in [9.17, 15) is 2.74 Å². The maximum absolute atomic E-state index is 9.29. The molecule has 104 heavy (non-hydrogen) atoms. The van der Waals surface area contributed by atoms with Crippen LogP contribution in [0.3, 0.4) is 0 Å². The molecule has 0 radical (unpaired) electrons. The molecule has 0 unspecified atom stereocenters. The quantitative estimate of drug-likeness (QED) is 0.126. The summed E-state index contributed by atoms with van der Waals surface area (Å²) in [5.74, 6) is 0. The van der Waals surface area contributed by atoms with Crippen LogP contribution in [-0.2, 0) is 27.1 Å². The van der Waals surface area contributed by atoms with Gasteiger partial charge in [0.05, 0.1) is 18.0 Å². The number of rotatable bonds is 10. The average Bonchev–Trinajstić information content (AvgIpc) is 1.43. The van der Waals surface area contributed by atoms with Crippen molar-refractivity contribution in [1.29, 1.82) is 0 Å². The predicted molar refractivity (Wildman–Crippen MR) is 445 cm³/mol. The summed E-state index contributed by atoms with van der Waals surface area (Å²) in [6, 6.07) is 107. The predicted octanol–water partition coefficient (Wildman–Crippen LogP) is 25.3. The molecule has 14 aromatic carbocycles. The van der Waals surface area contributed by atoms with E-state index in [0.29, 0.717) is 5.56 Å². The summed E-state index contributed by atoms with van der Waals surface area (Å²) in [5, 5.41) is 0. The molecule has 0 N–H and O–H groups in total. The molecule has 14 aromatic rings. The lowest BCUT2D eigenvalue weighted by Gasteiger charge is -2.45. The van der Waals surface area contributed by atoms with Crippen molar-refractivity contribution in [2.75, 3.05) is 9.80 Å². The van der Waals surface area contributed by atoms with Crippen LogP contribution < -0.4 is 26.2 Å². The van der Waals surface area contributed by atoms with Gasteiger partial charge in [-0.2, -0.15) is 0 Å². The van der Waals surface area contributed by atoms with E-state index >= 15 is 0 Å². The van der Waals surface area contributed by atoms with Gasteiger partial charge in [-0.1, -0.05) is 368 Å². The SMILES string of the molecule is [2H]c1c([2H])c([2H])c(-c2ccc(N3c4cc(-c5cc(C(C)(C)C)cc(C(C)(C)C)c5)ccc4B4c5cc(-c6cc(C(C)(C)C)cc(C(C)(C)C)c6)ccc5N(c5c(-c6ccccc6)cccc5-c5ccccc5)c5cc(-c6cccc7c6C(c6ccccc6)(c6ccccc6)c6ccccc6-7)cc3c54)cc2)c([2H])c1[2H]. The first-order valence-electron chi connectivity index (χ1n) is 39.3. The lowest BCUT2D eigenvalue weighted by atomic mass is 9.33. The molecule has 3 heteroatoms. The second-order valence-corrected chi connectivity index (χ2v) is 32.9. The monoisotopic (exact) mass is 1350 g/mol. The Hall–Kier alpha value is -11.3. The van der Waals surface area contributed by atoms with Gasteiger partial charge in [0.25, 0.3) is 6.71 Å². The van der Waals surface area contributed by atoms with Gasteiger partial charge in [0.1, 0.15) is 0 Å². The Balaban J connectivity index is 1.05. The highest BCUT2D eigenvalue weighted by molar-refractivity contribution is 7.00. The fourth-order valence-electron chi connectivity index (χ4n) is 16.8. The molecule has 0 amide bonds. The van der Waals surface area contributed by atoms with Gasteiger partial charge >= 0.3 is 0 Å². The van der Waals surface area contributed by atoms with Crippen LogP contribution in [0.1, 0.15) is 134 Å². The number of benzene rings is 14. The minimum Gasteiger partial charge on any atom is -0.311 e. The summed E-state index contributed by atoms with van der Waals surface area (Å²) in [6.45, 7) is 27.4. The van der Waals surface area contributed by atoms with E-state index in [1.807, 2.05) is 12.1 Å². The maximum Gasteiger partial charge on any atom is 0.252 e. The first kappa shape index (κ1) is 60.3. The van der Waals surface area contributed by atoms with E-state index in [0.717, 1.165) is 101 Å². The summed E-state index contributed by atoms with van der Waals surface area (Å²) in [5.41, 5.74) is 31.9. The van der Waals surface area contributed by atoms with Gasteiger partial charge in [0.2, 0.25) is 0 Å². The number of hydrogen-bond donors (Lipinski definition) is 0. The van der Waals surface area contributed by atoms with Gasteiger partial charge in [0, 0.05) is 39.6 Å². The van der Waals surface area contributed by atoms with Gasteiger partial charge in [-0.15, -0.1) is 0 Å². The lowest BCUT2D eigenvalue weighted by molar-refractivity contribution is 0.568. The van der Waals surface area contributed by atoms with Crippen molar-refractivity contribution in [3.8, 4) is 77.9 Å². The summed E-state index contributed by atoms with van der Waals surface area (Å²) in [4.78, 5) is 5.11. The number of hydrogen-bond acceptors (Lipinski definition) is 2. The van der Waals surface area contributed by atoms with Crippen LogP contribution in [0.2, 0.25) is 0 Å². The van der Waals surface area contributed by atoms with Crippen molar-refractivity contribution in [3.63, 3.8) is 0 Å². The number of nitrogens with zero attached hydrogens (tertiary/aromatic N) is 2. The Morgan fingerprint density at radius 1 is 0.288 bits per heavy atom. The smallest absolute Gasteiger partial charge is 0.252 e. The molecule has 0 saturated carbocycles. The second-order valence-electron chi connectivity index (χ2n) is 32.9. The molecule has 2 nitrogen and oxygen atoms in total. The summed E-state index contributed by atoms with van der Waals surface area (Å²) >= 11 is 0. The molecule has 0 atom stereocenters. The number of para-hydroxylation sites is 1. The van der Waals surface area contributed by atoms with Crippen molar-refractivity contribution in [1.82, 2.24) is 0 Å². The van der Waals surface area contributed by atoms with Crippen LogP contribution in [-0.4, -0.2) is 6.71 Å². The normalized spacial score (nSPS) is 14.3. The van der Waals surface area contributed by atoms with E-state index in [4.69, 9.17) is 4.11 Å².